The molecule has 0 aromatic carbocycles. The minimum Gasteiger partial charge on any atom is -0.465 e. The van der Waals surface area contributed by atoms with Crippen LogP contribution in [-0.2, 0) is 28.6 Å². The van der Waals surface area contributed by atoms with E-state index in [1.54, 1.807) is 0 Å². The minimum absolute atomic E-state index is 0.0312. The molecule has 0 rings (SSSR count). The van der Waals surface area contributed by atoms with Crippen LogP contribution in [0.15, 0.2) is 0 Å². The van der Waals surface area contributed by atoms with E-state index in [-0.39, 0.29) is 55.2 Å². The van der Waals surface area contributed by atoms with Gasteiger partial charge in [0, 0.05) is 37.8 Å². The molecule has 378 valence electrons. The zero-order valence-corrected chi connectivity index (χ0v) is 43.0. The molecule has 1 unspecified atom stereocenters. The Bertz CT molecular complexity index is 1020. The maximum Gasteiger partial charge on any atom is 0.315 e. The Balaban J connectivity index is 4.04. The largest absolute Gasteiger partial charge is 0.465 e. The van der Waals surface area contributed by atoms with Gasteiger partial charge in [-0.3, -0.25) is 14.4 Å². The van der Waals surface area contributed by atoms with Crippen molar-refractivity contribution in [3.05, 3.63) is 0 Å². The van der Waals surface area contributed by atoms with E-state index in [1.807, 2.05) is 6.92 Å². The van der Waals surface area contributed by atoms with E-state index < -0.39 is 0 Å². The van der Waals surface area contributed by atoms with Gasteiger partial charge < -0.3 is 24.8 Å². The third-order valence-electron chi connectivity index (χ3n) is 12.6. The molecule has 0 aliphatic rings. The van der Waals surface area contributed by atoms with E-state index >= 15 is 0 Å². The lowest BCUT2D eigenvalue weighted by molar-refractivity contribution is -0.151. The molecule has 0 heterocycles. The van der Waals surface area contributed by atoms with Crippen LogP contribution in [0.25, 0.3) is 0 Å². The average molecular weight is 907 g/mol. The van der Waals surface area contributed by atoms with Gasteiger partial charge in [0.15, 0.2) is 0 Å². The van der Waals surface area contributed by atoms with Crippen LogP contribution in [-0.4, -0.2) is 55.8 Å². The van der Waals surface area contributed by atoms with Gasteiger partial charge in [-0.05, 0) is 64.2 Å². The summed E-state index contributed by atoms with van der Waals surface area (Å²) < 4.78 is 16.9. The number of hydrogen-bond acceptors (Lipinski definition) is 7. The number of ether oxygens (including phenoxy) is 3. The highest BCUT2D eigenvalue weighted by Gasteiger charge is 2.16. The topological polar surface area (TPSA) is 120 Å². The van der Waals surface area contributed by atoms with Crippen LogP contribution >= 0.6 is 0 Å². The fraction of sp³-hybridized carbons (Fsp3) is 0.927. The van der Waals surface area contributed by atoms with E-state index in [9.17, 15) is 19.2 Å². The number of rotatable bonds is 49. The Morgan fingerprint density at radius 2 is 0.719 bits per heavy atom. The standard InChI is InChI=1S/C55H106N2O7/c1-6-10-14-18-23-31-39-50(40-32-24-19-15-11-7-2)57-55(61)56-46-38-30-22-27-35-43-52(58)62-47-49(5)48-63-53(59)44-36-28-29-37-45-54(60)64-51(41-33-25-20-16-12-8-3)42-34-26-21-17-13-9-4/h49-51H,6-48H2,1-5H3,(H2,56,57,61). The van der Waals surface area contributed by atoms with Crippen molar-refractivity contribution >= 4 is 23.9 Å². The zero-order valence-electron chi connectivity index (χ0n) is 43.0. The summed E-state index contributed by atoms with van der Waals surface area (Å²) in [6.07, 6.45) is 43.7. The number of urea groups is 1. The first-order valence-electron chi connectivity index (χ1n) is 27.8. The van der Waals surface area contributed by atoms with Gasteiger partial charge >= 0.3 is 23.9 Å². The van der Waals surface area contributed by atoms with Crippen molar-refractivity contribution in [3.63, 3.8) is 0 Å². The van der Waals surface area contributed by atoms with E-state index in [4.69, 9.17) is 14.2 Å². The van der Waals surface area contributed by atoms with Crippen LogP contribution in [0.2, 0.25) is 0 Å². The van der Waals surface area contributed by atoms with Gasteiger partial charge in [-0.15, -0.1) is 0 Å². The fourth-order valence-electron chi connectivity index (χ4n) is 8.36. The maximum absolute atomic E-state index is 12.7. The molecule has 64 heavy (non-hydrogen) atoms. The quantitative estimate of drug-likeness (QED) is 0.0354. The highest BCUT2D eigenvalue weighted by atomic mass is 16.5. The van der Waals surface area contributed by atoms with Crippen molar-refractivity contribution in [2.24, 2.45) is 5.92 Å². The summed E-state index contributed by atoms with van der Waals surface area (Å²) in [6, 6.07) is 0.237. The summed E-state index contributed by atoms with van der Waals surface area (Å²) in [5.41, 5.74) is 0. The lowest BCUT2D eigenvalue weighted by Crippen LogP contribution is -2.42. The molecular weight excluding hydrogens is 801 g/mol. The smallest absolute Gasteiger partial charge is 0.315 e. The van der Waals surface area contributed by atoms with Crippen LogP contribution in [0.5, 0.6) is 0 Å². The molecule has 0 spiro atoms. The SMILES string of the molecule is CCCCCCCCC(CCCCCCCC)NC(=O)NCCCCCCCC(=O)OCC(C)COC(=O)CCCCCCC(=O)OC(CCCCCCCC)CCCCCCCC. The predicted octanol–water partition coefficient (Wildman–Crippen LogP) is 16.0. The van der Waals surface area contributed by atoms with Crippen LogP contribution < -0.4 is 10.6 Å². The Kier molecular flexibility index (Phi) is 46.8. The molecular formula is C55H106N2O7. The predicted molar refractivity (Wildman–Crippen MR) is 269 cm³/mol. The second-order valence-electron chi connectivity index (χ2n) is 19.3. The summed E-state index contributed by atoms with van der Waals surface area (Å²) in [5.74, 6) is -0.561. The molecule has 0 saturated heterocycles. The van der Waals surface area contributed by atoms with E-state index in [0.717, 1.165) is 96.3 Å². The number of hydrogen-bond donors (Lipinski definition) is 2. The van der Waals surface area contributed by atoms with E-state index in [2.05, 4.69) is 38.3 Å². The fourth-order valence-corrected chi connectivity index (χ4v) is 8.36. The van der Waals surface area contributed by atoms with Crippen LogP contribution in [0.1, 0.15) is 291 Å². The number of carbonyl (C=O) groups excluding carboxylic acids is 4. The molecule has 0 fully saturated rings. The third-order valence-corrected chi connectivity index (χ3v) is 12.6. The average Bonchev–Trinajstić information content (AvgIpc) is 3.28. The maximum atomic E-state index is 12.7. The van der Waals surface area contributed by atoms with Gasteiger partial charge in [0.25, 0.3) is 0 Å². The first-order chi connectivity index (χ1) is 31.2. The first-order valence-corrected chi connectivity index (χ1v) is 27.8. The Labute approximate surface area is 396 Å². The molecule has 0 aliphatic heterocycles. The second kappa shape index (κ2) is 48.6. The number of carbonyl (C=O) groups is 4. The summed E-state index contributed by atoms with van der Waals surface area (Å²) in [4.78, 5) is 50.0. The Morgan fingerprint density at radius 1 is 0.391 bits per heavy atom. The lowest BCUT2D eigenvalue weighted by Gasteiger charge is -2.19. The normalized spacial score (nSPS) is 11.9. The van der Waals surface area contributed by atoms with Crippen LogP contribution in [0, 0.1) is 5.92 Å². The number of amides is 2. The molecule has 0 aliphatic carbocycles. The monoisotopic (exact) mass is 907 g/mol. The van der Waals surface area contributed by atoms with Crippen molar-refractivity contribution in [3.8, 4) is 0 Å². The van der Waals surface area contributed by atoms with Crippen molar-refractivity contribution in [1.29, 1.82) is 0 Å². The summed E-state index contributed by atoms with van der Waals surface area (Å²) in [7, 11) is 0. The highest BCUT2D eigenvalue weighted by Crippen LogP contribution is 2.19. The van der Waals surface area contributed by atoms with Gasteiger partial charge in [-0.1, -0.05) is 208 Å². The first kappa shape index (κ1) is 61.7. The highest BCUT2D eigenvalue weighted by molar-refractivity contribution is 5.74. The Hall–Kier alpha value is -2.32. The Morgan fingerprint density at radius 3 is 1.12 bits per heavy atom. The van der Waals surface area contributed by atoms with Crippen molar-refractivity contribution < 1.29 is 33.4 Å². The summed E-state index contributed by atoms with van der Waals surface area (Å²) in [6.45, 7) is 12.1. The van der Waals surface area contributed by atoms with Gasteiger partial charge in [0.2, 0.25) is 0 Å². The molecule has 0 aromatic rings. The third kappa shape index (κ3) is 44.9. The van der Waals surface area contributed by atoms with Crippen molar-refractivity contribution in [2.45, 2.75) is 304 Å². The summed E-state index contributed by atoms with van der Waals surface area (Å²) >= 11 is 0. The van der Waals surface area contributed by atoms with Gasteiger partial charge in [-0.25, -0.2) is 4.79 Å². The van der Waals surface area contributed by atoms with Gasteiger partial charge in [-0.2, -0.15) is 0 Å². The number of esters is 3. The lowest BCUT2D eigenvalue weighted by atomic mass is 10.00. The van der Waals surface area contributed by atoms with E-state index in [0.29, 0.717) is 25.8 Å². The van der Waals surface area contributed by atoms with Gasteiger partial charge in [0.05, 0.1) is 13.2 Å². The molecule has 0 bridgehead atoms. The number of unbranched alkanes of at least 4 members (excludes halogenated alkanes) is 27. The van der Waals surface area contributed by atoms with Crippen LogP contribution in [0.4, 0.5) is 4.79 Å². The van der Waals surface area contributed by atoms with E-state index in [1.165, 1.54) is 141 Å². The molecule has 9 nitrogen and oxygen atoms in total. The van der Waals surface area contributed by atoms with Crippen molar-refractivity contribution in [2.75, 3.05) is 19.8 Å². The molecule has 0 aromatic heterocycles. The molecule has 2 N–H and O–H groups in total. The molecule has 2 amide bonds. The van der Waals surface area contributed by atoms with Crippen LogP contribution in [0.3, 0.4) is 0 Å². The molecule has 1 atom stereocenters. The molecule has 0 saturated carbocycles. The molecule has 0 radical (unpaired) electrons. The molecule has 9 heteroatoms. The zero-order chi connectivity index (χ0) is 47.0. The van der Waals surface area contributed by atoms with Gasteiger partial charge in [0.1, 0.15) is 6.10 Å². The minimum atomic E-state index is -0.225. The number of nitrogens with one attached hydrogen (secondary N) is 2. The second-order valence-corrected chi connectivity index (χ2v) is 19.3. The van der Waals surface area contributed by atoms with Crippen molar-refractivity contribution in [1.82, 2.24) is 10.6 Å². The summed E-state index contributed by atoms with van der Waals surface area (Å²) in [5, 5.41) is 6.35.